The average molecular weight is 906 g/mol. The predicted octanol–water partition coefficient (Wildman–Crippen LogP) is 8.61. The van der Waals surface area contributed by atoms with E-state index in [1.165, 1.54) is 24.1 Å². The Morgan fingerprint density at radius 1 is 0.419 bits per heavy atom. The Labute approximate surface area is 334 Å². The molecule has 0 aliphatic heterocycles. The van der Waals surface area contributed by atoms with Gasteiger partial charge in [-0.25, -0.2) is 92.8 Å². The van der Waals surface area contributed by atoms with E-state index in [-0.39, 0.29) is 0 Å². The molecule has 0 fully saturated rings. The maximum Gasteiger partial charge on any atom is 0.200 e. The molecule has 2 nitrogen and oxygen atoms in total. The Morgan fingerprint density at radius 3 is 1.00 bits per heavy atom. The SMILES string of the molecule is CCCCc1c[n+](Cc2ccccc2)ccn1.Fc1c(F)c(F)c([B-](c2c(F)c(F)c(F)c(F)c2F)(c2c(F)c(F)c(F)c(F)c2F)c2c(F)c(F)c(F)c(F)c2F)c(F)c1F. The molecule has 6 aromatic rings. The summed E-state index contributed by atoms with van der Waals surface area (Å²) in [5.74, 6) is -71.4. The van der Waals surface area contributed by atoms with Crippen molar-refractivity contribution < 1.29 is 92.4 Å². The normalized spacial score (nSPS) is 11.6. The maximum absolute atomic E-state index is 15.4. The van der Waals surface area contributed by atoms with Crippen molar-refractivity contribution >= 4 is 28.0 Å². The number of nitrogens with zero attached hydrogens (tertiary/aromatic N) is 2. The first-order chi connectivity index (χ1) is 29.1. The van der Waals surface area contributed by atoms with Gasteiger partial charge in [0.15, 0.2) is 88.7 Å². The highest BCUT2D eigenvalue weighted by Crippen LogP contribution is 2.30. The van der Waals surface area contributed by atoms with Crippen molar-refractivity contribution in [2.75, 3.05) is 0 Å². The quantitative estimate of drug-likeness (QED) is 0.0468. The Bertz CT molecular complexity index is 2330. The molecule has 0 aliphatic rings. The summed E-state index contributed by atoms with van der Waals surface area (Å²) in [4.78, 5) is 4.40. The Morgan fingerprint density at radius 2 is 0.710 bits per heavy atom. The van der Waals surface area contributed by atoms with Gasteiger partial charge in [0.1, 0.15) is 58.4 Å². The van der Waals surface area contributed by atoms with Crippen molar-refractivity contribution in [1.82, 2.24) is 4.98 Å². The van der Waals surface area contributed by atoms with Gasteiger partial charge in [0.05, 0.1) is 6.20 Å². The second-order valence-corrected chi connectivity index (χ2v) is 13.1. The van der Waals surface area contributed by atoms with Gasteiger partial charge in [0.2, 0.25) is 0 Å². The zero-order chi connectivity index (χ0) is 46.3. The lowest BCUT2D eigenvalue weighted by atomic mass is 9.12. The van der Waals surface area contributed by atoms with E-state index in [4.69, 9.17) is 0 Å². The van der Waals surface area contributed by atoms with Crippen molar-refractivity contribution in [3.8, 4) is 0 Å². The van der Waals surface area contributed by atoms with E-state index in [1.807, 2.05) is 18.5 Å². The fourth-order valence-electron chi connectivity index (χ4n) is 6.74. The summed E-state index contributed by atoms with van der Waals surface area (Å²) in [5.41, 5.74) is -11.8. The van der Waals surface area contributed by atoms with Gasteiger partial charge in [-0.3, -0.25) is 0 Å². The van der Waals surface area contributed by atoms with E-state index in [2.05, 4.69) is 46.9 Å². The number of aryl methyl sites for hydroxylation is 1. The van der Waals surface area contributed by atoms with Gasteiger partial charge in [-0.15, -0.1) is 21.9 Å². The Balaban J connectivity index is 0.000000355. The number of hydrogen-bond acceptors (Lipinski definition) is 1. The van der Waals surface area contributed by atoms with Gasteiger partial charge in [0, 0.05) is 5.56 Å². The van der Waals surface area contributed by atoms with Gasteiger partial charge < -0.3 is 0 Å². The van der Waals surface area contributed by atoms with E-state index >= 15 is 35.1 Å². The molecule has 0 atom stereocenters. The lowest BCUT2D eigenvalue weighted by Crippen LogP contribution is -2.81. The molecule has 328 valence electrons. The Kier molecular flexibility index (Phi) is 13.7. The van der Waals surface area contributed by atoms with Crippen LogP contribution < -0.4 is 26.4 Å². The van der Waals surface area contributed by atoms with Crippen LogP contribution in [0.1, 0.15) is 31.0 Å². The number of unbranched alkanes of at least 4 members (excludes halogenated alkanes) is 1. The first-order valence-corrected chi connectivity index (χ1v) is 17.2. The minimum atomic E-state index is -7.22. The molecule has 1 aromatic heterocycles. The van der Waals surface area contributed by atoms with Crippen LogP contribution in [0.15, 0.2) is 48.9 Å². The maximum atomic E-state index is 15.4. The van der Waals surface area contributed by atoms with E-state index in [1.54, 1.807) is 0 Å². The van der Waals surface area contributed by atoms with E-state index in [0.717, 1.165) is 13.0 Å². The highest BCUT2D eigenvalue weighted by Gasteiger charge is 2.52. The second kappa shape index (κ2) is 18.1. The monoisotopic (exact) mass is 906 g/mol. The fraction of sp³-hybridized carbons (Fsp3) is 0.128. The van der Waals surface area contributed by atoms with Gasteiger partial charge in [-0.05, 0) is 12.8 Å². The average Bonchev–Trinajstić information content (AvgIpc) is 3.26. The number of benzene rings is 5. The Hall–Kier alpha value is -6.16. The molecule has 0 amide bonds. The molecule has 0 saturated heterocycles. The largest absolute Gasteiger partial charge is 0.249 e. The summed E-state index contributed by atoms with van der Waals surface area (Å²) in [6.07, 6.45) is 2.37. The van der Waals surface area contributed by atoms with Crippen LogP contribution in [0, 0.1) is 116 Å². The van der Waals surface area contributed by atoms with E-state index in [0.29, 0.717) is 0 Å². The summed E-state index contributed by atoms with van der Waals surface area (Å²) >= 11 is 0. The lowest BCUT2D eigenvalue weighted by Gasteiger charge is -2.44. The third-order valence-corrected chi connectivity index (χ3v) is 9.51. The van der Waals surface area contributed by atoms with Crippen LogP contribution in [0.2, 0.25) is 0 Å². The molecule has 23 heteroatoms. The zero-order valence-corrected chi connectivity index (χ0v) is 30.5. The first kappa shape index (κ1) is 46.9. The standard InChI is InChI=1S/C24BF20.C15H19N2/c26-5-1(6(27)14(35)21(42)13(5)34)25(2-7(28)15(36)22(43)16(37)8(2)29,3-9(30)17(38)23(44)18(39)10(3)31)4-11(32)19(40)24(45)20(41)12(4)33;1-2-3-9-15-13-17(11-10-16-15)12-14-7-5-4-6-8-14/h;4-8,10-11,13H,2-3,9,12H2,1H3/q-1;+1. The molecular formula is C39H19BF20N2. The predicted molar refractivity (Wildman–Crippen MR) is 178 cm³/mol. The molecule has 1 heterocycles. The smallest absolute Gasteiger partial charge is 0.200 e. The lowest BCUT2D eigenvalue weighted by molar-refractivity contribution is -0.689. The van der Waals surface area contributed by atoms with Crippen LogP contribution in [0.5, 0.6) is 0 Å². The second-order valence-electron chi connectivity index (χ2n) is 13.1. The topological polar surface area (TPSA) is 16.8 Å². The van der Waals surface area contributed by atoms with Crippen LogP contribution in [0.25, 0.3) is 0 Å². The molecule has 5 aromatic carbocycles. The highest BCUT2D eigenvalue weighted by molar-refractivity contribution is 7.20. The summed E-state index contributed by atoms with van der Waals surface area (Å²) in [5, 5.41) is 0. The van der Waals surface area contributed by atoms with Gasteiger partial charge >= 0.3 is 0 Å². The third-order valence-electron chi connectivity index (χ3n) is 9.51. The number of hydrogen-bond donors (Lipinski definition) is 0. The van der Waals surface area contributed by atoms with Crippen LogP contribution >= 0.6 is 0 Å². The molecule has 0 unspecified atom stereocenters. The highest BCUT2D eigenvalue weighted by atomic mass is 19.2. The third kappa shape index (κ3) is 7.69. The number of halogens is 20. The van der Waals surface area contributed by atoms with Crippen LogP contribution in [0.4, 0.5) is 87.8 Å². The molecular weight excluding hydrogens is 887 g/mol. The molecule has 0 N–H and O–H groups in total. The first-order valence-electron chi connectivity index (χ1n) is 17.2. The zero-order valence-electron chi connectivity index (χ0n) is 30.5. The minimum absolute atomic E-state index is 0.919. The summed E-state index contributed by atoms with van der Waals surface area (Å²) in [6, 6.07) is 10.5. The molecule has 0 saturated carbocycles. The van der Waals surface area contributed by atoms with Crippen molar-refractivity contribution in [3.63, 3.8) is 0 Å². The van der Waals surface area contributed by atoms with Gasteiger partial charge in [-0.2, -0.15) is 4.57 Å². The fourth-order valence-corrected chi connectivity index (χ4v) is 6.74. The molecule has 0 bridgehead atoms. The summed E-state index contributed by atoms with van der Waals surface area (Å²) in [6.45, 7) is 3.13. The van der Waals surface area contributed by atoms with E-state index in [9.17, 15) is 52.7 Å². The van der Waals surface area contributed by atoms with Crippen molar-refractivity contribution in [3.05, 3.63) is 177 Å². The van der Waals surface area contributed by atoms with Crippen LogP contribution in [-0.4, -0.2) is 11.1 Å². The van der Waals surface area contributed by atoms with Gasteiger partial charge in [0.25, 0.3) is 0 Å². The summed E-state index contributed by atoms with van der Waals surface area (Å²) in [7, 11) is 0. The number of rotatable bonds is 9. The van der Waals surface area contributed by atoms with Crippen LogP contribution in [0.3, 0.4) is 0 Å². The van der Waals surface area contributed by atoms with Crippen molar-refractivity contribution in [2.24, 2.45) is 0 Å². The summed E-state index contributed by atoms with van der Waals surface area (Å²) < 4.78 is 296. The molecule has 62 heavy (non-hydrogen) atoms. The van der Waals surface area contributed by atoms with Crippen molar-refractivity contribution in [2.45, 2.75) is 32.7 Å². The number of aromatic nitrogens is 2. The minimum Gasteiger partial charge on any atom is -0.249 e. The molecule has 0 radical (unpaired) electrons. The van der Waals surface area contributed by atoms with Crippen molar-refractivity contribution in [1.29, 1.82) is 0 Å². The van der Waals surface area contributed by atoms with Crippen LogP contribution in [-0.2, 0) is 13.0 Å². The molecule has 0 aliphatic carbocycles. The molecule has 6 rings (SSSR count). The molecule has 0 spiro atoms. The van der Waals surface area contributed by atoms with Gasteiger partial charge in [-0.1, -0.05) is 43.7 Å². The van der Waals surface area contributed by atoms with E-state index < -0.39 is 144 Å².